The minimum Gasteiger partial charge on any atom is -0.481 e. The molecule has 0 unspecified atom stereocenters. The highest BCUT2D eigenvalue weighted by Gasteiger charge is 2.83. The maximum atomic E-state index is 12.7. The summed E-state index contributed by atoms with van der Waals surface area (Å²) in [5.74, 6) is -3.18. The van der Waals surface area contributed by atoms with Crippen molar-refractivity contribution in [3.63, 3.8) is 0 Å². The van der Waals surface area contributed by atoms with Gasteiger partial charge in [0.15, 0.2) is 0 Å². The molecule has 1 saturated heterocycles. The number of aliphatic hydroxyl groups is 2. The van der Waals surface area contributed by atoms with E-state index in [1.54, 1.807) is 19.1 Å². The maximum Gasteiger partial charge on any atom is 0.316 e. The molecule has 0 aromatic heterocycles. The summed E-state index contributed by atoms with van der Waals surface area (Å²) in [5, 5.41) is 31.6. The molecule has 4 fully saturated rings. The number of hydrogen-bond acceptors (Lipinski definition) is 5. The first-order valence-electron chi connectivity index (χ1n) is 8.86. The van der Waals surface area contributed by atoms with Crippen LogP contribution in [0.5, 0.6) is 0 Å². The van der Waals surface area contributed by atoms with Crippen LogP contribution in [0.1, 0.15) is 32.6 Å². The zero-order valence-corrected chi connectivity index (χ0v) is 14.1. The standard InChI is InChI=1S/C19H22O6/c1-9-7-17-8-18(9,24)5-3-10(17)19-6-4-11(20)16(2,15(23)25-19)13(19)12(17)14(21)22/h4,6,10-13,20,24H,1,3,5,7-8H2,2H3,(H,21,22)/t10-,11+,12-,13-,16-,17-,18-,19+/m1/s1. The van der Waals surface area contributed by atoms with Crippen molar-refractivity contribution in [3.05, 3.63) is 24.3 Å². The van der Waals surface area contributed by atoms with E-state index in [-0.39, 0.29) is 5.92 Å². The van der Waals surface area contributed by atoms with Gasteiger partial charge in [-0.2, -0.15) is 0 Å². The van der Waals surface area contributed by atoms with Gasteiger partial charge >= 0.3 is 11.9 Å². The summed E-state index contributed by atoms with van der Waals surface area (Å²) in [5.41, 5.74) is -3.29. The Morgan fingerprint density at radius 3 is 2.84 bits per heavy atom. The molecule has 5 aliphatic rings. The van der Waals surface area contributed by atoms with Gasteiger partial charge in [-0.05, 0) is 49.7 Å². The highest BCUT2D eigenvalue weighted by molar-refractivity contribution is 5.86. The third kappa shape index (κ3) is 1.36. The molecular weight excluding hydrogens is 324 g/mol. The molecule has 0 aromatic rings. The van der Waals surface area contributed by atoms with Crippen molar-refractivity contribution in [3.8, 4) is 0 Å². The second-order valence-corrected chi connectivity index (χ2v) is 8.94. The lowest BCUT2D eigenvalue weighted by Gasteiger charge is -2.44. The topological polar surface area (TPSA) is 104 Å². The van der Waals surface area contributed by atoms with E-state index in [2.05, 4.69) is 6.58 Å². The lowest BCUT2D eigenvalue weighted by molar-refractivity contribution is -0.163. The number of esters is 1. The van der Waals surface area contributed by atoms with Crippen molar-refractivity contribution in [1.29, 1.82) is 0 Å². The highest BCUT2D eigenvalue weighted by atomic mass is 16.6. The SMILES string of the molecule is C=C1C[C@@]23C[C@]1(O)CC[C@H]2[C@]12C=C[C@H](O)[C@@](C)(C(=O)O1)[C@H]2[C@@H]3C(=O)O. The first kappa shape index (κ1) is 15.6. The molecule has 4 bridgehead atoms. The molecule has 1 heterocycles. The molecule has 1 spiro atoms. The third-order valence-electron chi connectivity index (χ3n) is 8.12. The lowest BCUT2D eigenvalue weighted by Crippen LogP contribution is -2.50. The Morgan fingerprint density at radius 1 is 1.44 bits per heavy atom. The molecule has 0 radical (unpaired) electrons. The van der Waals surface area contributed by atoms with Crippen LogP contribution in [0.4, 0.5) is 0 Å². The number of carboxylic acids is 1. The second-order valence-electron chi connectivity index (χ2n) is 8.94. The van der Waals surface area contributed by atoms with Gasteiger partial charge < -0.3 is 20.1 Å². The van der Waals surface area contributed by atoms with E-state index in [0.29, 0.717) is 31.3 Å². The number of rotatable bonds is 1. The van der Waals surface area contributed by atoms with E-state index >= 15 is 0 Å². The molecule has 0 amide bonds. The van der Waals surface area contributed by atoms with Gasteiger partial charge in [-0.1, -0.05) is 12.7 Å². The van der Waals surface area contributed by atoms with Crippen LogP contribution in [-0.2, 0) is 14.3 Å². The molecule has 1 aliphatic heterocycles. The Labute approximate surface area is 145 Å². The van der Waals surface area contributed by atoms with Gasteiger partial charge in [0.2, 0.25) is 0 Å². The van der Waals surface area contributed by atoms with Crippen LogP contribution in [0.2, 0.25) is 0 Å². The minimum atomic E-state index is -1.27. The molecule has 5 rings (SSSR count). The number of fused-ring (bicyclic) bond motifs is 1. The number of carbonyl (C=O) groups is 2. The number of carbonyl (C=O) groups excluding carboxylic acids is 1. The number of ether oxygens (including phenoxy) is 1. The molecule has 134 valence electrons. The summed E-state index contributed by atoms with van der Waals surface area (Å²) in [6.07, 6.45) is 4.11. The predicted octanol–water partition coefficient (Wildman–Crippen LogP) is 1.03. The lowest BCUT2D eigenvalue weighted by atomic mass is 9.61. The van der Waals surface area contributed by atoms with Crippen LogP contribution in [0.15, 0.2) is 24.3 Å². The fourth-order valence-corrected chi connectivity index (χ4v) is 7.13. The van der Waals surface area contributed by atoms with E-state index in [4.69, 9.17) is 4.74 Å². The maximum absolute atomic E-state index is 12.7. The predicted molar refractivity (Wildman–Crippen MR) is 85.2 cm³/mol. The fraction of sp³-hybridized carbons (Fsp3) is 0.684. The van der Waals surface area contributed by atoms with Crippen molar-refractivity contribution >= 4 is 11.9 Å². The normalized spacial score (nSPS) is 58.0. The van der Waals surface area contributed by atoms with Gasteiger partial charge in [0.25, 0.3) is 0 Å². The Balaban J connectivity index is 1.78. The second kappa shape index (κ2) is 4.01. The summed E-state index contributed by atoms with van der Waals surface area (Å²) in [4.78, 5) is 25.1. The minimum absolute atomic E-state index is 0.180. The zero-order valence-electron chi connectivity index (χ0n) is 14.1. The first-order chi connectivity index (χ1) is 11.6. The summed E-state index contributed by atoms with van der Waals surface area (Å²) in [6.45, 7) is 5.64. The van der Waals surface area contributed by atoms with Gasteiger partial charge in [-0.3, -0.25) is 9.59 Å². The molecule has 6 nitrogen and oxygen atoms in total. The van der Waals surface area contributed by atoms with Crippen molar-refractivity contribution in [2.24, 2.45) is 28.6 Å². The molecule has 3 N–H and O–H groups in total. The van der Waals surface area contributed by atoms with Crippen LogP contribution < -0.4 is 0 Å². The fourth-order valence-electron chi connectivity index (χ4n) is 7.13. The van der Waals surface area contributed by atoms with Crippen LogP contribution in [0, 0.1) is 28.6 Å². The average molecular weight is 346 g/mol. The van der Waals surface area contributed by atoms with E-state index in [1.165, 1.54) is 0 Å². The summed E-state index contributed by atoms with van der Waals surface area (Å²) in [7, 11) is 0. The van der Waals surface area contributed by atoms with Gasteiger partial charge in [0.1, 0.15) is 11.0 Å². The molecule has 3 saturated carbocycles. The Bertz CT molecular complexity index is 772. The molecule has 0 aromatic carbocycles. The number of aliphatic hydroxyl groups excluding tert-OH is 1. The van der Waals surface area contributed by atoms with Crippen molar-refractivity contribution in [2.75, 3.05) is 0 Å². The van der Waals surface area contributed by atoms with Gasteiger partial charge in [0, 0.05) is 11.8 Å². The summed E-state index contributed by atoms with van der Waals surface area (Å²) in [6, 6.07) is 0. The van der Waals surface area contributed by atoms with Crippen LogP contribution >= 0.6 is 0 Å². The molecule has 6 heteroatoms. The molecule has 8 atom stereocenters. The van der Waals surface area contributed by atoms with E-state index in [1.807, 2.05) is 0 Å². The largest absolute Gasteiger partial charge is 0.481 e. The van der Waals surface area contributed by atoms with Gasteiger partial charge in [-0.25, -0.2) is 0 Å². The van der Waals surface area contributed by atoms with Crippen LogP contribution in [0.3, 0.4) is 0 Å². The molecule has 25 heavy (non-hydrogen) atoms. The smallest absolute Gasteiger partial charge is 0.316 e. The van der Waals surface area contributed by atoms with E-state index < -0.39 is 51.9 Å². The van der Waals surface area contributed by atoms with Crippen molar-refractivity contribution in [2.45, 2.75) is 49.9 Å². The Morgan fingerprint density at radius 2 is 2.16 bits per heavy atom. The Kier molecular flexibility index (Phi) is 2.50. The van der Waals surface area contributed by atoms with Gasteiger partial charge in [0.05, 0.1) is 17.6 Å². The van der Waals surface area contributed by atoms with Crippen molar-refractivity contribution in [1.82, 2.24) is 0 Å². The van der Waals surface area contributed by atoms with E-state index in [0.717, 1.165) is 0 Å². The first-order valence-corrected chi connectivity index (χ1v) is 8.86. The quantitative estimate of drug-likeness (QED) is 0.484. The van der Waals surface area contributed by atoms with Gasteiger partial charge in [-0.15, -0.1) is 0 Å². The third-order valence-corrected chi connectivity index (χ3v) is 8.12. The number of carboxylic acid groups (broad SMARTS) is 1. The number of aliphatic carboxylic acids is 1. The molecular formula is C19H22O6. The average Bonchev–Trinajstić information content (AvgIpc) is 2.95. The summed E-state index contributed by atoms with van der Waals surface area (Å²) < 4.78 is 5.87. The highest BCUT2D eigenvalue weighted by Crippen LogP contribution is 2.77. The number of hydrogen-bond donors (Lipinski definition) is 3. The molecule has 4 aliphatic carbocycles. The Hall–Kier alpha value is -1.66. The van der Waals surface area contributed by atoms with Crippen LogP contribution in [-0.4, -0.2) is 44.6 Å². The van der Waals surface area contributed by atoms with Crippen LogP contribution in [0.25, 0.3) is 0 Å². The van der Waals surface area contributed by atoms with Crippen molar-refractivity contribution < 1.29 is 29.6 Å². The van der Waals surface area contributed by atoms with E-state index in [9.17, 15) is 24.9 Å². The zero-order chi connectivity index (χ0) is 18.0. The monoisotopic (exact) mass is 346 g/mol. The summed E-state index contributed by atoms with van der Waals surface area (Å²) >= 11 is 0.